The van der Waals surface area contributed by atoms with Crippen LogP contribution in [-0.2, 0) is 0 Å². The lowest BCUT2D eigenvalue weighted by Gasteiger charge is -2.41. The van der Waals surface area contributed by atoms with Gasteiger partial charge in [-0.1, -0.05) is 6.92 Å². The average Bonchev–Trinajstić information content (AvgIpc) is 3.11. The second kappa shape index (κ2) is 6.55. The Morgan fingerprint density at radius 1 is 1.00 bits per heavy atom. The van der Waals surface area contributed by atoms with Gasteiger partial charge in [0.25, 0.3) is 0 Å². The molecule has 3 aliphatic heterocycles. The molecule has 3 heterocycles. The van der Waals surface area contributed by atoms with E-state index in [1.54, 1.807) is 0 Å². The zero-order valence-electron chi connectivity index (χ0n) is 12.6. The predicted octanol–water partition coefficient (Wildman–Crippen LogP) is 2.08. The van der Waals surface area contributed by atoms with Gasteiger partial charge >= 0.3 is 0 Å². The molecule has 0 aromatic heterocycles. The lowest BCUT2D eigenvalue weighted by atomic mass is 9.98. The third kappa shape index (κ3) is 3.14. The number of hydrogen-bond acceptors (Lipinski definition) is 3. The Labute approximate surface area is 118 Å². The monoisotopic (exact) mass is 265 g/mol. The van der Waals surface area contributed by atoms with Crippen LogP contribution in [0.5, 0.6) is 0 Å². The second-order valence-electron chi connectivity index (χ2n) is 6.72. The summed E-state index contributed by atoms with van der Waals surface area (Å²) in [6.45, 7) is 8.89. The van der Waals surface area contributed by atoms with E-state index in [2.05, 4.69) is 22.0 Å². The molecule has 110 valence electrons. The molecule has 0 aliphatic carbocycles. The minimum absolute atomic E-state index is 0.802. The molecule has 3 aliphatic rings. The Morgan fingerprint density at radius 2 is 1.84 bits per heavy atom. The van der Waals surface area contributed by atoms with Crippen molar-refractivity contribution >= 4 is 0 Å². The van der Waals surface area contributed by atoms with Crippen LogP contribution in [0.3, 0.4) is 0 Å². The molecule has 0 amide bonds. The van der Waals surface area contributed by atoms with E-state index in [0.29, 0.717) is 0 Å². The normalized spacial score (nSPS) is 35.2. The van der Waals surface area contributed by atoms with Crippen LogP contribution in [0.25, 0.3) is 0 Å². The van der Waals surface area contributed by atoms with Gasteiger partial charge in [-0.2, -0.15) is 0 Å². The first-order valence-electron chi connectivity index (χ1n) is 8.60. The average molecular weight is 265 g/mol. The van der Waals surface area contributed by atoms with Crippen molar-refractivity contribution in [2.45, 2.75) is 70.0 Å². The summed E-state index contributed by atoms with van der Waals surface area (Å²) in [5.41, 5.74) is 0. The molecule has 3 heteroatoms. The summed E-state index contributed by atoms with van der Waals surface area (Å²) in [5, 5.41) is 3.74. The molecule has 3 nitrogen and oxygen atoms in total. The van der Waals surface area contributed by atoms with E-state index >= 15 is 0 Å². The van der Waals surface area contributed by atoms with Crippen molar-refractivity contribution in [1.82, 2.24) is 15.1 Å². The van der Waals surface area contributed by atoms with Crippen LogP contribution in [0.4, 0.5) is 0 Å². The topological polar surface area (TPSA) is 18.5 Å². The van der Waals surface area contributed by atoms with E-state index in [1.165, 1.54) is 77.7 Å². The van der Waals surface area contributed by atoms with E-state index in [0.717, 1.165) is 18.1 Å². The summed E-state index contributed by atoms with van der Waals surface area (Å²) < 4.78 is 0. The summed E-state index contributed by atoms with van der Waals surface area (Å²) in [4.78, 5) is 5.54. The number of likely N-dealkylation sites (tertiary alicyclic amines) is 2. The van der Waals surface area contributed by atoms with E-state index in [4.69, 9.17) is 0 Å². The van der Waals surface area contributed by atoms with Crippen LogP contribution >= 0.6 is 0 Å². The molecular formula is C16H31N3. The molecule has 0 aromatic carbocycles. The fraction of sp³-hybridized carbons (Fsp3) is 1.00. The molecule has 2 unspecified atom stereocenters. The molecule has 3 rings (SSSR count). The van der Waals surface area contributed by atoms with Crippen LogP contribution in [0, 0.1) is 0 Å². The van der Waals surface area contributed by atoms with Gasteiger partial charge in [0.05, 0.1) is 0 Å². The second-order valence-corrected chi connectivity index (χ2v) is 6.72. The van der Waals surface area contributed by atoms with E-state index in [-0.39, 0.29) is 0 Å². The first-order valence-corrected chi connectivity index (χ1v) is 8.60. The number of nitrogens with zero attached hydrogens (tertiary/aromatic N) is 2. The van der Waals surface area contributed by atoms with Crippen molar-refractivity contribution in [3.63, 3.8) is 0 Å². The minimum atomic E-state index is 0.802. The van der Waals surface area contributed by atoms with Crippen molar-refractivity contribution in [1.29, 1.82) is 0 Å². The lowest BCUT2D eigenvalue weighted by Crippen LogP contribution is -2.51. The molecule has 1 N–H and O–H groups in total. The third-order valence-corrected chi connectivity index (χ3v) is 5.47. The molecular weight excluding hydrogens is 234 g/mol. The van der Waals surface area contributed by atoms with Crippen molar-refractivity contribution in [2.24, 2.45) is 0 Å². The summed E-state index contributed by atoms with van der Waals surface area (Å²) >= 11 is 0. The fourth-order valence-corrected chi connectivity index (χ4v) is 4.53. The zero-order chi connectivity index (χ0) is 13.1. The van der Waals surface area contributed by atoms with Crippen LogP contribution in [-0.4, -0.2) is 60.6 Å². The molecule has 0 aromatic rings. The summed E-state index contributed by atoms with van der Waals surface area (Å²) in [7, 11) is 0. The van der Waals surface area contributed by atoms with Gasteiger partial charge < -0.3 is 10.2 Å². The lowest BCUT2D eigenvalue weighted by molar-refractivity contribution is 0.0869. The highest BCUT2D eigenvalue weighted by molar-refractivity contribution is 4.95. The first-order chi connectivity index (χ1) is 9.38. The summed E-state index contributed by atoms with van der Waals surface area (Å²) in [6, 6.07) is 2.53. The number of nitrogens with one attached hydrogen (secondary N) is 1. The van der Waals surface area contributed by atoms with Gasteiger partial charge in [-0.15, -0.1) is 0 Å². The fourth-order valence-electron chi connectivity index (χ4n) is 4.53. The van der Waals surface area contributed by atoms with Gasteiger partial charge in [-0.3, -0.25) is 4.90 Å². The van der Waals surface area contributed by atoms with Crippen LogP contribution in [0.2, 0.25) is 0 Å². The maximum atomic E-state index is 3.74. The first kappa shape index (κ1) is 13.8. The number of hydrogen-bond donors (Lipinski definition) is 1. The highest BCUT2D eigenvalue weighted by Crippen LogP contribution is 2.30. The highest BCUT2D eigenvalue weighted by atomic mass is 15.3. The molecule has 3 fully saturated rings. The van der Waals surface area contributed by atoms with E-state index < -0.39 is 0 Å². The predicted molar refractivity (Wildman–Crippen MR) is 80.5 cm³/mol. The van der Waals surface area contributed by atoms with Crippen LogP contribution in [0.15, 0.2) is 0 Å². The van der Waals surface area contributed by atoms with Gasteiger partial charge in [0.15, 0.2) is 0 Å². The van der Waals surface area contributed by atoms with Gasteiger partial charge in [0.1, 0.15) is 0 Å². The van der Waals surface area contributed by atoms with Crippen molar-refractivity contribution in [3.05, 3.63) is 0 Å². The van der Waals surface area contributed by atoms with E-state index in [9.17, 15) is 0 Å². The Balaban J connectivity index is 1.53. The van der Waals surface area contributed by atoms with Crippen LogP contribution < -0.4 is 5.32 Å². The van der Waals surface area contributed by atoms with E-state index in [1.807, 2.05) is 0 Å². The summed E-state index contributed by atoms with van der Waals surface area (Å²) in [6.07, 6.45) is 9.79. The molecule has 3 saturated heterocycles. The highest BCUT2D eigenvalue weighted by Gasteiger charge is 2.37. The maximum Gasteiger partial charge on any atom is 0.0252 e. The quantitative estimate of drug-likeness (QED) is 0.839. The number of piperidine rings is 1. The molecule has 19 heavy (non-hydrogen) atoms. The summed E-state index contributed by atoms with van der Waals surface area (Å²) in [5.74, 6) is 0. The third-order valence-electron chi connectivity index (χ3n) is 5.47. The zero-order valence-corrected chi connectivity index (χ0v) is 12.6. The smallest absolute Gasteiger partial charge is 0.0252 e. The molecule has 0 bridgehead atoms. The molecule has 2 atom stereocenters. The number of rotatable bonds is 4. The maximum absolute atomic E-state index is 3.74. The largest absolute Gasteiger partial charge is 0.312 e. The SMILES string of the molecule is CCCN1CCC(N2CCCC2C2CCCN2)CC1. The van der Waals surface area contributed by atoms with Crippen LogP contribution in [0.1, 0.15) is 51.9 Å². The standard InChI is InChI=1S/C16H31N3/c1-2-10-18-12-7-14(8-13-18)19-11-4-6-16(19)15-5-3-9-17-15/h14-17H,2-13H2,1H3. The van der Waals surface area contributed by atoms with Crippen molar-refractivity contribution in [2.75, 3.05) is 32.7 Å². The van der Waals surface area contributed by atoms with Gasteiger partial charge in [0, 0.05) is 18.1 Å². The van der Waals surface area contributed by atoms with Gasteiger partial charge in [-0.05, 0) is 77.7 Å². The Bertz CT molecular complexity index is 267. The molecule has 0 spiro atoms. The molecule has 0 radical (unpaired) electrons. The Hall–Kier alpha value is -0.120. The Morgan fingerprint density at radius 3 is 2.53 bits per heavy atom. The molecule has 0 saturated carbocycles. The Kier molecular flexibility index (Phi) is 4.78. The van der Waals surface area contributed by atoms with Gasteiger partial charge in [-0.25, -0.2) is 0 Å². The van der Waals surface area contributed by atoms with Crippen molar-refractivity contribution in [3.8, 4) is 0 Å². The van der Waals surface area contributed by atoms with Crippen molar-refractivity contribution < 1.29 is 0 Å². The minimum Gasteiger partial charge on any atom is -0.312 e. The van der Waals surface area contributed by atoms with Gasteiger partial charge in [0.2, 0.25) is 0 Å².